The van der Waals surface area contributed by atoms with Crippen LogP contribution in [0.3, 0.4) is 0 Å². The number of hydrogen-bond acceptors (Lipinski definition) is 1. The third-order valence-corrected chi connectivity index (χ3v) is 4.09. The summed E-state index contributed by atoms with van der Waals surface area (Å²) in [5, 5.41) is 0. The number of unbranched alkanes of at least 4 members (excludes halogenated alkanes) is 2. The van der Waals surface area contributed by atoms with E-state index in [4.69, 9.17) is 5.73 Å². The van der Waals surface area contributed by atoms with Gasteiger partial charge >= 0.3 is 0 Å². The van der Waals surface area contributed by atoms with Crippen molar-refractivity contribution in [2.45, 2.75) is 71.3 Å². The van der Waals surface area contributed by atoms with Gasteiger partial charge in [0.1, 0.15) is 0 Å². The fourth-order valence-corrected chi connectivity index (χ4v) is 3.01. The van der Waals surface area contributed by atoms with Crippen LogP contribution in [0.5, 0.6) is 0 Å². The molecule has 0 heterocycles. The summed E-state index contributed by atoms with van der Waals surface area (Å²) in [6.07, 6.45) is 9.85. The molecule has 2 N–H and O–H groups in total. The van der Waals surface area contributed by atoms with E-state index in [1.165, 1.54) is 49.7 Å². The van der Waals surface area contributed by atoms with Gasteiger partial charge < -0.3 is 5.73 Å². The van der Waals surface area contributed by atoms with E-state index in [1.54, 1.807) is 11.1 Å². The molecule has 18 heavy (non-hydrogen) atoms. The van der Waals surface area contributed by atoms with E-state index in [-0.39, 0.29) is 0 Å². The van der Waals surface area contributed by atoms with E-state index < -0.39 is 0 Å². The van der Waals surface area contributed by atoms with Crippen LogP contribution in [-0.4, -0.2) is 6.04 Å². The minimum absolute atomic E-state index is 0.362. The highest BCUT2D eigenvalue weighted by molar-refractivity contribution is 5.42. The molecule has 0 fully saturated rings. The lowest BCUT2D eigenvalue weighted by Gasteiger charge is -2.12. The van der Waals surface area contributed by atoms with Crippen LogP contribution >= 0.6 is 0 Å². The van der Waals surface area contributed by atoms with Crippen molar-refractivity contribution in [2.24, 2.45) is 5.73 Å². The van der Waals surface area contributed by atoms with Gasteiger partial charge in [0.05, 0.1) is 0 Å². The lowest BCUT2D eigenvalue weighted by atomic mass is 9.93. The molecule has 0 saturated heterocycles. The molecule has 0 saturated carbocycles. The van der Waals surface area contributed by atoms with Gasteiger partial charge in [-0.2, -0.15) is 0 Å². The molecule has 1 aromatic carbocycles. The number of hydrogen-bond donors (Lipinski definition) is 1. The first-order chi connectivity index (χ1) is 8.74. The van der Waals surface area contributed by atoms with Crippen LogP contribution in [-0.2, 0) is 25.7 Å². The van der Waals surface area contributed by atoms with E-state index >= 15 is 0 Å². The predicted octanol–water partition coefficient (Wildman–Crippen LogP) is 3.80. The zero-order valence-corrected chi connectivity index (χ0v) is 12.0. The first-order valence-electron chi connectivity index (χ1n) is 7.63. The summed E-state index contributed by atoms with van der Waals surface area (Å²) in [6.45, 7) is 4.55. The minimum Gasteiger partial charge on any atom is -0.327 e. The number of aryl methyl sites for hydroxylation is 2. The summed E-state index contributed by atoms with van der Waals surface area (Å²) in [5.41, 5.74) is 12.3. The fourth-order valence-electron chi connectivity index (χ4n) is 3.01. The van der Waals surface area contributed by atoms with Crippen LogP contribution in [0.25, 0.3) is 0 Å². The van der Waals surface area contributed by atoms with E-state index in [1.807, 2.05) is 0 Å². The molecular weight excluding hydrogens is 218 g/mol. The Morgan fingerprint density at radius 3 is 1.78 bits per heavy atom. The Balaban J connectivity index is 2.21. The van der Waals surface area contributed by atoms with Crippen molar-refractivity contribution in [1.29, 1.82) is 0 Å². The summed E-state index contributed by atoms with van der Waals surface area (Å²) >= 11 is 0. The Bertz CT molecular complexity index is 358. The summed E-state index contributed by atoms with van der Waals surface area (Å²) in [4.78, 5) is 0. The Kier molecular flexibility index (Phi) is 4.82. The molecule has 0 aliphatic heterocycles. The lowest BCUT2D eigenvalue weighted by Crippen LogP contribution is -2.18. The van der Waals surface area contributed by atoms with Crippen LogP contribution in [0.15, 0.2) is 12.1 Å². The Morgan fingerprint density at radius 2 is 1.39 bits per heavy atom. The van der Waals surface area contributed by atoms with Crippen molar-refractivity contribution in [1.82, 2.24) is 0 Å². The second kappa shape index (κ2) is 6.38. The Labute approximate surface area is 112 Å². The van der Waals surface area contributed by atoms with Crippen LogP contribution in [0.4, 0.5) is 0 Å². The topological polar surface area (TPSA) is 26.0 Å². The molecular formula is C17H27N. The standard InChI is InChI=1S/C17H27N/c1-3-5-7-13-9-15-11-17(18)12-16(15)10-14(13)8-6-4-2/h9-10,17H,3-8,11-12,18H2,1-2H3. The second-order valence-corrected chi connectivity index (χ2v) is 5.77. The third-order valence-electron chi connectivity index (χ3n) is 4.09. The molecule has 1 nitrogen and oxygen atoms in total. The fraction of sp³-hybridized carbons (Fsp3) is 0.647. The highest BCUT2D eigenvalue weighted by Gasteiger charge is 2.19. The van der Waals surface area contributed by atoms with Gasteiger partial charge in [0, 0.05) is 6.04 Å². The average molecular weight is 245 g/mol. The molecule has 100 valence electrons. The third kappa shape index (κ3) is 3.14. The van der Waals surface area contributed by atoms with Crippen LogP contribution in [0.2, 0.25) is 0 Å². The highest BCUT2D eigenvalue weighted by Crippen LogP contribution is 2.27. The maximum atomic E-state index is 6.09. The lowest BCUT2D eigenvalue weighted by molar-refractivity contribution is 0.721. The highest BCUT2D eigenvalue weighted by atomic mass is 14.6. The van der Waals surface area contributed by atoms with Crippen molar-refractivity contribution < 1.29 is 0 Å². The normalized spacial score (nSPS) is 15.1. The minimum atomic E-state index is 0.362. The second-order valence-electron chi connectivity index (χ2n) is 5.77. The van der Waals surface area contributed by atoms with Crippen molar-refractivity contribution in [2.75, 3.05) is 0 Å². The molecule has 1 aromatic rings. The Morgan fingerprint density at radius 1 is 0.944 bits per heavy atom. The monoisotopic (exact) mass is 245 g/mol. The number of rotatable bonds is 6. The number of benzene rings is 1. The molecule has 0 radical (unpaired) electrons. The molecule has 0 atom stereocenters. The zero-order chi connectivity index (χ0) is 13.0. The van der Waals surface area contributed by atoms with Gasteiger partial charge in [0.25, 0.3) is 0 Å². The van der Waals surface area contributed by atoms with Crippen molar-refractivity contribution in [3.63, 3.8) is 0 Å². The van der Waals surface area contributed by atoms with Gasteiger partial charge in [0.2, 0.25) is 0 Å². The van der Waals surface area contributed by atoms with Crippen molar-refractivity contribution >= 4 is 0 Å². The summed E-state index contributed by atoms with van der Waals surface area (Å²) in [7, 11) is 0. The van der Waals surface area contributed by atoms with E-state index in [2.05, 4.69) is 26.0 Å². The van der Waals surface area contributed by atoms with E-state index in [9.17, 15) is 0 Å². The molecule has 2 rings (SSSR count). The molecule has 0 aromatic heterocycles. The predicted molar refractivity (Wildman–Crippen MR) is 79.0 cm³/mol. The molecule has 1 aliphatic carbocycles. The summed E-state index contributed by atoms with van der Waals surface area (Å²) < 4.78 is 0. The molecule has 0 spiro atoms. The molecule has 0 unspecified atom stereocenters. The molecule has 0 amide bonds. The SMILES string of the molecule is CCCCc1cc2c(cc1CCCC)CC(N)C2. The summed E-state index contributed by atoms with van der Waals surface area (Å²) in [5.74, 6) is 0. The van der Waals surface area contributed by atoms with Gasteiger partial charge in [0.15, 0.2) is 0 Å². The van der Waals surface area contributed by atoms with Gasteiger partial charge in [-0.25, -0.2) is 0 Å². The average Bonchev–Trinajstić information content (AvgIpc) is 2.72. The maximum Gasteiger partial charge on any atom is 0.0120 e. The van der Waals surface area contributed by atoms with Gasteiger partial charge in [-0.3, -0.25) is 0 Å². The first kappa shape index (κ1) is 13.6. The van der Waals surface area contributed by atoms with Crippen LogP contribution < -0.4 is 5.73 Å². The first-order valence-corrected chi connectivity index (χ1v) is 7.63. The van der Waals surface area contributed by atoms with Crippen LogP contribution in [0, 0.1) is 0 Å². The number of fused-ring (bicyclic) bond motifs is 1. The quantitative estimate of drug-likeness (QED) is 0.810. The van der Waals surface area contributed by atoms with E-state index in [0.29, 0.717) is 6.04 Å². The molecule has 0 bridgehead atoms. The Hall–Kier alpha value is -0.820. The van der Waals surface area contributed by atoms with Gasteiger partial charge in [-0.1, -0.05) is 38.8 Å². The number of nitrogens with two attached hydrogens (primary N) is 1. The smallest absolute Gasteiger partial charge is 0.0120 e. The van der Waals surface area contributed by atoms with Crippen molar-refractivity contribution in [3.8, 4) is 0 Å². The van der Waals surface area contributed by atoms with Gasteiger partial charge in [-0.05, 0) is 60.8 Å². The van der Waals surface area contributed by atoms with Crippen molar-refractivity contribution in [3.05, 3.63) is 34.4 Å². The zero-order valence-electron chi connectivity index (χ0n) is 12.0. The molecule has 1 aliphatic rings. The maximum absolute atomic E-state index is 6.09. The van der Waals surface area contributed by atoms with E-state index in [0.717, 1.165) is 12.8 Å². The summed E-state index contributed by atoms with van der Waals surface area (Å²) in [6, 6.07) is 5.28. The molecule has 1 heteroatoms. The van der Waals surface area contributed by atoms with Gasteiger partial charge in [-0.15, -0.1) is 0 Å². The largest absolute Gasteiger partial charge is 0.327 e. The van der Waals surface area contributed by atoms with Crippen LogP contribution in [0.1, 0.15) is 61.8 Å².